The minimum Gasteiger partial charge on any atom is -0.361 e. The normalized spacial score (nSPS) is 11.5. The molecule has 2 aromatic heterocycles. The van der Waals surface area contributed by atoms with E-state index in [1.54, 1.807) is 11.8 Å². The fourth-order valence-corrected chi connectivity index (χ4v) is 3.36. The van der Waals surface area contributed by atoms with Gasteiger partial charge in [-0.3, -0.25) is 4.79 Å². The molecular formula is C18H21N3OS. The number of H-pyrrole nitrogens is 2. The van der Waals surface area contributed by atoms with E-state index in [9.17, 15) is 4.79 Å². The predicted molar refractivity (Wildman–Crippen MR) is 96.3 cm³/mol. The van der Waals surface area contributed by atoms with Crippen LogP contribution < -0.4 is 5.56 Å². The standard InChI is InChI=1S/C18H21N3OS/c1-11(2)8-15-17(22)20-16(18(21-15)23-3)9-12-10-19-14-7-5-4-6-13(12)14/h4-7,10-11,19H,8-9H2,1-3H3,(H,20,22). The first-order chi connectivity index (χ1) is 11.1. The molecular weight excluding hydrogens is 306 g/mol. The van der Waals surface area contributed by atoms with Crippen LogP contribution in [-0.4, -0.2) is 21.2 Å². The Balaban J connectivity index is 1.99. The number of fused-ring (bicyclic) bond motifs is 1. The molecule has 3 aromatic rings. The summed E-state index contributed by atoms with van der Waals surface area (Å²) in [6, 6.07) is 8.20. The zero-order valence-electron chi connectivity index (χ0n) is 13.6. The Kier molecular flexibility index (Phi) is 4.57. The van der Waals surface area contributed by atoms with E-state index in [0.717, 1.165) is 16.2 Å². The number of hydrogen-bond acceptors (Lipinski definition) is 3. The lowest BCUT2D eigenvalue weighted by Crippen LogP contribution is -2.20. The largest absolute Gasteiger partial charge is 0.361 e. The van der Waals surface area contributed by atoms with E-state index in [0.29, 0.717) is 24.5 Å². The molecule has 23 heavy (non-hydrogen) atoms. The monoisotopic (exact) mass is 327 g/mol. The fraction of sp³-hybridized carbons (Fsp3) is 0.333. The molecule has 0 atom stereocenters. The van der Waals surface area contributed by atoms with Crippen molar-refractivity contribution in [3.8, 4) is 0 Å². The molecule has 4 nitrogen and oxygen atoms in total. The van der Waals surface area contributed by atoms with Crippen molar-refractivity contribution in [3.63, 3.8) is 0 Å². The van der Waals surface area contributed by atoms with Gasteiger partial charge in [0.25, 0.3) is 5.56 Å². The van der Waals surface area contributed by atoms with Crippen LogP contribution >= 0.6 is 11.8 Å². The number of thioether (sulfide) groups is 1. The van der Waals surface area contributed by atoms with Crippen LogP contribution in [0.3, 0.4) is 0 Å². The average Bonchev–Trinajstić information content (AvgIpc) is 2.93. The summed E-state index contributed by atoms with van der Waals surface area (Å²) in [5.41, 5.74) is 3.74. The van der Waals surface area contributed by atoms with Crippen molar-refractivity contribution < 1.29 is 0 Å². The van der Waals surface area contributed by atoms with Crippen molar-refractivity contribution in [2.45, 2.75) is 31.7 Å². The molecule has 0 aliphatic heterocycles. The predicted octanol–water partition coefficient (Wildman–Crippen LogP) is 3.76. The summed E-state index contributed by atoms with van der Waals surface area (Å²) in [4.78, 5) is 23.2. The highest BCUT2D eigenvalue weighted by atomic mass is 32.2. The van der Waals surface area contributed by atoms with E-state index in [4.69, 9.17) is 0 Å². The van der Waals surface area contributed by atoms with E-state index in [1.807, 2.05) is 24.6 Å². The maximum Gasteiger partial charge on any atom is 0.269 e. The highest BCUT2D eigenvalue weighted by Crippen LogP contribution is 2.23. The quantitative estimate of drug-likeness (QED) is 0.701. The second-order valence-corrected chi connectivity index (χ2v) is 6.93. The lowest BCUT2D eigenvalue weighted by atomic mass is 10.1. The van der Waals surface area contributed by atoms with Crippen LogP contribution in [0.25, 0.3) is 10.9 Å². The van der Waals surface area contributed by atoms with Gasteiger partial charge in [-0.1, -0.05) is 32.0 Å². The highest BCUT2D eigenvalue weighted by Gasteiger charge is 2.13. The minimum atomic E-state index is -0.0636. The first-order valence-electron chi connectivity index (χ1n) is 7.79. The number of aromatic amines is 2. The molecule has 0 saturated carbocycles. The first-order valence-corrected chi connectivity index (χ1v) is 9.02. The molecule has 0 aliphatic carbocycles. The topological polar surface area (TPSA) is 61.5 Å². The van der Waals surface area contributed by atoms with E-state index >= 15 is 0 Å². The van der Waals surface area contributed by atoms with Gasteiger partial charge in [0, 0.05) is 23.5 Å². The number of hydrogen-bond donors (Lipinski definition) is 2. The molecule has 0 bridgehead atoms. The summed E-state index contributed by atoms with van der Waals surface area (Å²) in [5.74, 6) is 0.415. The van der Waals surface area contributed by atoms with E-state index < -0.39 is 0 Å². The SMILES string of the molecule is CSc1nc(CC(C)C)c(=O)[nH]c1Cc1c[nH]c2ccccc12. The van der Waals surface area contributed by atoms with Gasteiger partial charge in [0.15, 0.2) is 0 Å². The maximum absolute atomic E-state index is 12.3. The molecule has 0 fully saturated rings. The molecule has 120 valence electrons. The average molecular weight is 327 g/mol. The van der Waals surface area contributed by atoms with Crippen LogP contribution in [0.2, 0.25) is 0 Å². The van der Waals surface area contributed by atoms with Crippen molar-refractivity contribution in [2.75, 3.05) is 6.26 Å². The minimum absolute atomic E-state index is 0.0636. The Bertz CT molecular complexity index is 879. The van der Waals surface area contributed by atoms with Crippen molar-refractivity contribution in [3.05, 3.63) is 57.8 Å². The lowest BCUT2D eigenvalue weighted by molar-refractivity contribution is 0.621. The van der Waals surface area contributed by atoms with Gasteiger partial charge in [-0.2, -0.15) is 0 Å². The molecule has 2 heterocycles. The lowest BCUT2D eigenvalue weighted by Gasteiger charge is -2.10. The molecule has 0 radical (unpaired) electrons. The summed E-state index contributed by atoms with van der Waals surface area (Å²) in [6.45, 7) is 4.19. The number of benzene rings is 1. The third-order valence-electron chi connectivity index (χ3n) is 3.86. The molecule has 0 spiro atoms. The van der Waals surface area contributed by atoms with E-state index in [-0.39, 0.29) is 5.56 Å². The zero-order chi connectivity index (χ0) is 16.4. The molecule has 2 N–H and O–H groups in total. The zero-order valence-corrected chi connectivity index (χ0v) is 14.5. The van der Waals surface area contributed by atoms with Gasteiger partial charge in [0.05, 0.1) is 5.69 Å². The van der Waals surface area contributed by atoms with Crippen LogP contribution in [0.4, 0.5) is 0 Å². The third kappa shape index (κ3) is 3.34. The Morgan fingerprint density at radius 1 is 1.26 bits per heavy atom. The van der Waals surface area contributed by atoms with Gasteiger partial charge < -0.3 is 9.97 Å². The maximum atomic E-state index is 12.3. The smallest absolute Gasteiger partial charge is 0.269 e. The number of aromatic nitrogens is 3. The molecule has 0 saturated heterocycles. The number of para-hydroxylation sites is 1. The van der Waals surface area contributed by atoms with Crippen LogP contribution in [-0.2, 0) is 12.8 Å². The molecule has 0 unspecified atom stereocenters. The first kappa shape index (κ1) is 15.9. The Morgan fingerprint density at radius 2 is 2.04 bits per heavy atom. The van der Waals surface area contributed by atoms with Gasteiger partial charge in [-0.05, 0) is 30.2 Å². The summed E-state index contributed by atoms with van der Waals surface area (Å²) in [7, 11) is 0. The van der Waals surface area contributed by atoms with E-state index in [1.165, 1.54) is 10.9 Å². The number of nitrogens with zero attached hydrogens (tertiary/aromatic N) is 1. The molecule has 5 heteroatoms. The van der Waals surface area contributed by atoms with Gasteiger partial charge in [-0.15, -0.1) is 11.8 Å². The summed E-state index contributed by atoms with van der Waals surface area (Å²) < 4.78 is 0. The van der Waals surface area contributed by atoms with Crippen molar-refractivity contribution >= 4 is 22.7 Å². The summed E-state index contributed by atoms with van der Waals surface area (Å²) >= 11 is 1.58. The molecule has 0 aliphatic rings. The van der Waals surface area contributed by atoms with Crippen LogP contribution in [0.15, 0.2) is 40.3 Å². The molecule has 3 rings (SSSR count). The fourth-order valence-electron chi connectivity index (χ4n) is 2.79. The molecule has 1 aromatic carbocycles. The van der Waals surface area contributed by atoms with Gasteiger partial charge in [0.1, 0.15) is 10.7 Å². The number of rotatable bonds is 5. The summed E-state index contributed by atoms with van der Waals surface area (Å²) in [6.07, 6.45) is 5.38. The van der Waals surface area contributed by atoms with Gasteiger partial charge in [0.2, 0.25) is 0 Å². The number of nitrogens with one attached hydrogen (secondary N) is 2. The van der Waals surface area contributed by atoms with Crippen LogP contribution in [0.1, 0.15) is 30.8 Å². The van der Waals surface area contributed by atoms with Gasteiger partial charge in [-0.25, -0.2) is 4.98 Å². The second-order valence-electron chi connectivity index (χ2n) is 6.13. The summed E-state index contributed by atoms with van der Waals surface area (Å²) in [5, 5.41) is 2.09. The van der Waals surface area contributed by atoms with E-state index in [2.05, 4.69) is 40.9 Å². The Labute approximate surface area is 139 Å². The van der Waals surface area contributed by atoms with Crippen molar-refractivity contribution in [1.29, 1.82) is 0 Å². The third-order valence-corrected chi connectivity index (χ3v) is 4.58. The Hall–Kier alpha value is -2.01. The second kappa shape index (κ2) is 6.62. The van der Waals surface area contributed by atoms with Crippen LogP contribution in [0.5, 0.6) is 0 Å². The van der Waals surface area contributed by atoms with Crippen molar-refractivity contribution in [1.82, 2.24) is 15.0 Å². The van der Waals surface area contributed by atoms with Gasteiger partial charge >= 0.3 is 0 Å². The van der Waals surface area contributed by atoms with Crippen LogP contribution in [0, 0.1) is 5.92 Å². The van der Waals surface area contributed by atoms with Crippen molar-refractivity contribution in [2.24, 2.45) is 5.92 Å². The molecule has 0 amide bonds. The Morgan fingerprint density at radius 3 is 2.78 bits per heavy atom. The highest BCUT2D eigenvalue weighted by molar-refractivity contribution is 7.98.